The lowest BCUT2D eigenvalue weighted by Gasteiger charge is -2.37. The number of rotatable bonds is 8. The third-order valence-corrected chi connectivity index (χ3v) is 7.33. The maximum absolute atomic E-state index is 13.4. The summed E-state index contributed by atoms with van der Waals surface area (Å²) in [5, 5.41) is 24.4. The lowest BCUT2D eigenvalue weighted by molar-refractivity contribution is -0.916. The summed E-state index contributed by atoms with van der Waals surface area (Å²) in [5.41, 5.74) is -8.25. The monoisotopic (exact) mass is 577 g/mol. The van der Waals surface area contributed by atoms with E-state index in [4.69, 9.17) is 23.2 Å². The van der Waals surface area contributed by atoms with E-state index in [2.05, 4.69) is 10.1 Å². The molecule has 1 atom stereocenters. The number of alkyl halides is 6. The summed E-state index contributed by atoms with van der Waals surface area (Å²) in [6, 6.07) is 2.22. The SMILES string of the molecule is CC[N+](CC)(CC)C/C([O-])=N/c1c(S(=O)C(F)(F)F)c(C#N)nn1-c1c(Cl)cc(C(F)(F)F)cc1Cl. The Balaban J connectivity index is 2.91. The minimum absolute atomic E-state index is 0.209. The summed E-state index contributed by atoms with van der Waals surface area (Å²) in [4.78, 5) is 2.44. The van der Waals surface area contributed by atoms with Crippen molar-refractivity contribution in [1.29, 1.82) is 5.26 Å². The van der Waals surface area contributed by atoms with Crippen molar-refractivity contribution in [2.45, 2.75) is 37.4 Å². The lowest BCUT2D eigenvalue weighted by atomic mass is 10.2. The molecule has 1 aromatic heterocycles. The molecule has 16 heteroatoms. The van der Waals surface area contributed by atoms with E-state index < -0.39 is 66.1 Å². The van der Waals surface area contributed by atoms with Gasteiger partial charge in [-0.05, 0) is 32.9 Å². The second-order valence-corrected chi connectivity index (χ2v) is 9.70. The van der Waals surface area contributed by atoms with Gasteiger partial charge in [-0.15, -0.1) is 0 Å². The van der Waals surface area contributed by atoms with Crippen LogP contribution in [0.5, 0.6) is 0 Å². The van der Waals surface area contributed by atoms with E-state index in [0.29, 0.717) is 36.4 Å². The fraction of sp³-hybridized carbons (Fsp3) is 0.450. The van der Waals surface area contributed by atoms with Crippen LogP contribution in [0.3, 0.4) is 0 Å². The highest BCUT2D eigenvalue weighted by Crippen LogP contribution is 2.42. The molecule has 0 aliphatic rings. The summed E-state index contributed by atoms with van der Waals surface area (Å²) < 4.78 is 92.6. The third-order valence-electron chi connectivity index (χ3n) is 5.59. The third kappa shape index (κ3) is 6.13. The average molecular weight is 578 g/mol. The van der Waals surface area contributed by atoms with Gasteiger partial charge in [-0.2, -0.15) is 36.7 Å². The van der Waals surface area contributed by atoms with Gasteiger partial charge in [0.1, 0.15) is 23.2 Å². The van der Waals surface area contributed by atoms with Crippen molar-refractivity contribution < 1.29 is 40.1 Å². The maximum Gasteiger partial charge on any atom is 0.476 e. The number of hydrogen-bond acceptors (Lipinski definition) is 5. The minimum Gasteiger partial charge on any atom is -0.858 e. The normalized spacial score (nSPS) is 14.1. The Labute approximate surface area is 214 Å². The van der Waals surface area contributed by atoms with Crippen molar-refractivity contribution >= 4 is 45.7 Å². The summed E-state index contributed by atoms with van der Waals surface area (Å²) in [6.45, 7) is 6.57. The first-order chi connectivity index (χ1) is 16.5. The molecular formula is C20H19Cl2F6N5O2S. The second kappa shape index (κ2) is 11.0. The van der Waals surface area contributed by atoms with Crippen molar-refractivity contribution in [2.24, 2.45) is 4.99 Å². The Morgan fingerprint density at radius 2 is 1.64 bits per heavy atom. The van der Waals surface area contributed by atoms with Crippen LogP contribution in [0.4, 0.5) is 32.2 Å². The van der Waals surface area contributed by atoms with E-state index in [-0.39, 0.29) is 11.0 Å². The van der Waals surface area contributed by atoms with Crippen molar-refractivity contribution in [3.8, 4) is 11.8 Å². The van der Waals surface area contributed by atoms with Crippen LogP contribution in [-0.2, 0) is 17.0 Å². The van der Waals surface area contributed by atoms with Gasteiger partial charge in [-0.25, -0.2) is 13.9 Å². The lowest BCUT2D eigenvalue weighted by Crippen LogP contribution is -2.53. The van der Waals surface area contributed by atoms with E-state index in [0.717, 1.165) is 0 Å². The molecule has 1 aromatic carbocycles. The van der Waals surface area contributed by atoms with Gasteiger partial charge in [-0.1, -0.05) is 23.2 Å². The fourth-order valence-corrected chi connectivity index (χ4v) is 4.83. The molecule has 2 aromatic rings. The molecule has 0 fully saturated rings. The second-order valence-electron chi connectivity index (χ2n) is 7.48. The summed E-state index contributed by atoms with van der Waals surface area (Å²) in [6.07, 6.45) is -4.86. The number of nitrogens with zero attached hydrogens (tertiary/aromatic N) is 5. The molecule has 198 valence electrons. The highest BCUT2D eigenvalue weighted by atomic mass is 35.5. The van der Waals surface area contributed by atoms with Crippen LogP contribution >= 0.6 is 23.2 Å². The first-order valence-electron chi connectivity index (χ1n) is 10.2. The zero-order valence-corrected chi connectivity index (χ0v) is 21.3. The molecule has 2 rings (SSSR count). The molecule has 7 nitrogen and oxygen atoms in total. The van der Waals surface area contributed by atoms with Gasteiger partial charge < -0.3 is 9.59 Å². The van der Waals surface area contributed by atoms with E-state index in [1.54, 1.807) is 20.8 Å². The smallest absolute Gasteiger partial charge is 0.476 e. The van der Waals surface area contributed by atoms with E-state index in [1.807, 2.05) is 0 Å². The Kier molecular flexibility index (Phi) is 9.10. The standard InChI is InChI=1S/C20H19Cl2F6N5O2S/c1-4-33(5-2,6-3)10-15(34)30-18-17(36(35)20(26,27)28)14(9-29)31-32(18)16-12(21)7-11(8-13(16)22)19(23,24)25/h7-8H,4-6,10H2,1-3H3. The molecule has 0 saturated carbocycles. The Morgan fingerprint density at radius 1 is 1.14 bits per heavy atom. The zero-order valence-electron chi connectivity index (χ0n) is 19.0. The number of hydrogen-bond donors (Lipinski definition) is 0. The van der Waals surface area contributed by atoms with Gasteiger partial charge in [0, 0.05) is 5.90 Å². The van der Waals surface area contributed by atoms with Crippen LogP contribution in [0.2, 0.25) is 10.0 Å². The molecule has 0 aliphatic heterocycles. The quantitative estimate of drug-likeness (QED) is 0.192. The highest BCUT2D eigenvalue weighted by Gasteiger charge is 2.43. The molecule has 1 unspecified atom stereocenters. The average Bonchev–Trinajstić information content (AvgIpc) is 3.12. The predicted octanol–water partition coefficient (Wildman–Crippen LogP) is 4.96. The van der Waals surface area contributed by atoms with Crippen LogP contribution in [-0.4, -0.2) is 56.1 Å². The summed E-state index contributed by atoms with van der Waals surface area (Å²) in [5.74, 6) is -1.91. The van der Waals surface area contributed by atoms with Crippen LogP contribution in [0, 0.1) is 11.3 Å². The number of aromatic nitrogens is 2. The number of aliphatic imine (C=N–C) groups is 1. The van der Waals surface area contributed by atoms with Crippen molar-refractivity contribution in [3.63, 3.8) is 0 Å². The number of quaternary nitrogens is 1. The van der Waals surface area contributed by atoms with Gasteiger partial charge >= 0.3 is 11.7 Å². The Hall–Kier alpha value is -2.34. The van der Waals surface area contributed by atoms with Crippen molar-refractivity contribution in [1.82, 2.24) is 9.78 Å². The van der Waals surface area contributed by atoms with Crippen LogP contribution < -0.4 is 5.11 Å². The Bertz CT molecular complexity index is 1200. The Morgan fingerprint density at radius 3 is 2.03 bits per heavy atom. The summed E-state index contributed by atoms with van der Waals surface area (Å²) in [7, 11) is -3.88. The molecule has 0 aliphatic carbocycles. The molecule has 0 saturated heterocycles. The van der Waals surface area contributed by atoms with Gasteiger partial charge in [0.2, 0.25) is 0 Å². The van der Waals surface area contributed by atoms with Gasteiger partial charge in [0.05, 0.1) is 35.2 Å². The van der Waals surface area contributed by atoms with E-state index >= 15 is 0 Å². The first kappa shape index (κ1) is 29.9. The van der Waals surface area contributed by atoms with Gasteiger partial charge in [-0.3, -0.25) is 0 Å². The molecule has 0 amide bonds. The molecule has 1 heterocycles. The molecule has 36 heavy (non-hydrogen) atoms. The van der Waals surface area contributed by atoms with Crippen LogP contribution in [0.25, 0.3) is 5.69 Å². The maximum atomic E-state index is 13.4. The summed E-state index contributed by atoms with van der Waals surface area (Å²) >= 11 is 12.0. The molecule has 0 bridgehead atoms. The number of halogens is 8. The van der Waals surface area contributed by atoms with Crippen molar-refractivity contribution in [2.75, 3.05) is 26.2 Å². The topological polar surface area (TPSA) is 94.1 Å². The van der Waals surface area contributed by atoms with Gasteiger partial charge in [0.25, 0.3) is 0 Å². The molecular weight excluding hydrogens is 559 g/mol. The number of benzene rings is 1. The highest BCUT2D eigenvalue weighted by molar-refractivity contribution is 7.86. The largest absolute Gasteiger partial charge is 0.858 e. The number of likely N-dealkylation sites (N-methyl/N-ethyl adjacent to an activating group) is 1. The minimum atomic E-state index is -5.38. The fourth-order valence-electron chi connectivity index (χ4n) is 3.39. The van der Waals surface area contributed by atoms with Crippen LogP contribution in [0.15, 0.2) is 22.0 Å². The zero-order chi connectivity index (χ0) is 27.6. The number of nitriles is 1. The molecule has 0 N–H and O–H groups in total. The predicted molar refractivity (Wildman–Crippen MR) is 120 cm³/mol. The van der Waals surface area contributed by atoms with E-state index in [1.165, 1.54) is 6.07 Å². The van der Waals surface area contributed by atoms with Gasteiger partial charge in [0.15, 0.2) is 22.3 Å². The molecule has 0 spiro atoms. The first-order valence-corrected chi connectivity index (χ1v) is 12.1. The van der Waals surface area contributed by atoms with E-state index in [9.17, 15) is 40.9 Å². The van der Waals surface area contributed by atoms with Crippen LogP contribution in [0.1, 0.15) is 32.0 Å². The molecule has 0 radical (unpaired) electrons. The van der Waals surface area contributed by atoms with Crippen molar-refractivity contribution in [3.05, 3.63) is 33.4 Å².